The third-order valence-electron chi connectivity index (χ3n) is 6.57. The molecule has 4 heteroatoms. The van der Waals surface area contributed by atoms with Gasteiger partial charge in [0.2, 0.25) is 0 Å². The number of nitrogens with zero attached hydrogens (tertiary/aromatic N) is 1. The molecule has 2 aromatic carbocycles. The summed E-state index contributed by atoms with van der Waals surface area (Å²) in [6.07, 6.45) is 3.25. The lowest BCUT2D eigenvalue weighted by Crippen LogP contribution is -2.52. The van der Waals surface area contributed by atoms with Crippen molar-refractivity contribution >= 4 is 26.8 Å². The number of fused-ring (bicyclic) bond motifs is 4. The molecule has 0 amide bonds. The van der Waals surface area contributed by atoms with Crippen LogP contribution >= 0.6 is 15.9 Å². The molecule has 1 aliphatic carbocycles. The number of H-pyrrole nitrogens is 1. The highest BCUT2D eigenvalue weighted by atomic mass is 79.9. The van der Waals surface area contributed by atoms with E-state index in [1.807, 2.05) is 12.1 Å². The van der Waals surface area contributed by atoms with Crippen molar-refractivity contribution in [1.29, 1.82) is 0 Å². The van der Waals surface area contributed by atoms with Gasteiger partial charge in [0.15, 0.2) is 0 Å². The Hall–Kier alpha value is -1.78. The second-order valence-electron chi connectivity index (χ2n) is 8.07. The predicted octanol–water partition coefficient (Wildman–Crippen LogP) is 4.62. The zero-order chi connectivity index (χ0) is 17.9. The van der Waals surface area contributed by atoms with Crippen LogP contribution in [-0.2, 0) is 18.3 Å². The summed E-state index contributed by atoms with van der Waals surface area (Å²) >= 11 is 3.63. The summed E-state index contributed by atoms with van der Waals surface area (Å²) in [6.45, 7) is 2.21. The zero-order valence-corrected chi connectivity index (χ0v) is 16.5. The molecule has 26 heavy (non-hydrogen) atoms. The number of hydrogen-bond acceptors (Lipinski definition) is 2. The van der Waals surface area contributed by atoms with Crippen molar-refractivity contribution in [1.82, 2.24) is 9.88 Å². The van der Waals surface area contributed by atoms with Crippen molar-refractivity contribution in [2.75, 3.05) is 20.1 Å². The highest BCUT2D eigenvalue weighted by Crippen LogP contribution is 2.49. The molecular weight excluding hydrogens is 388 g/mol. The number of phenolic OH excluding ortho intramolecular Hbond substituents is 1. The van der Waals surface area contributed by atoms with E-state index in [4.69, 9.17) is 0 Å². The van der Waals surface area contributed by atoms with E-state index in [0.29, 0.717) is 11.7 Å². The van der Waals surface area contributed by atoms with Gasteiger partial charge in [-0.2, -0.15) is 0 Å². The van der Waals surface area contributed by atoms with E-state index in [0.717, 1.165) is 36.8 Å². The third kappa shape index (κ3) is 2.43. The molecule has 3 aromatic rings. The Labute approximate surface area is 162 Å². The van der Waals surface area contributed by atoms with Crippen LogP contribution < -0.4 is 0 Å². The fourth-order valence-corrected chi connectivity index (χ4v) is 5.61. The average Bonchev–Trinajstić information content (AvgIpc) is 2.96. The Balaban J connectivity index is 1.68. The minimum Gasteiger partial charge on any atom is -0.508 e. The molecule has 1 saturated heterocycles. The van der Waals surface area contributed by atoms with E-state index in [2.05, 4.69) is 57.1 Å². The van der Waals surface area contributed by atoms with Gasteiger partial charge in [0.25, 0.3) is 0 Å². The maximum atomic E-state index is 10.1. The highest BCUT2D eigenvalue weighted by molar-refractivity contribution is 9.10. The largest absolute Gasteiger partial charge is 0.508 e. The minimum atomic E-state index is 0.107. The van der Waals surface area contributed by atoms with Crippen LogP contribution in [0.5, 0.6) is 5.75 Å². The summed E-state index contributed by atoms with van der Waals surface area (Å²) in [4.78, 5) is 6.16. The maximum absolute atomic E-state index is 10.1. The molecule has 2 heterocycles. The molecular formula is C22H23BrN2O. The normalized spacial score (nSPS) is 25.8. The second kappa shape index (κ2) is 5.86. The van der Waals surface area contributed by atoms with E-state index in [1.165, 1.54) is 27.7 Å². The highest BCUT2D eigenvalue weighted by Gasteiger charge is 2.47. The second-order valence-corrected chi connectivity index (χ2v) is 8.98. The summed E-state index contributed by atoms with van der Waals surface area (Å²) in [5, 5.41) is 11.5. The first-order chi connectivity index (χ1) is 12.5. The van der Waals surface area contributed by atoms with Crippen molar-refractivity contribution < 1.29 is 5.11 Å². The van der Waals surface area contributed by atoms with Crippen molar-refractivity contribution in [2.24, 2.45) is 5.92 Å². The number of piperidine rings is 1. The molecule has 0 spiro atoms. The summed E-state index contributed by atoms with van der Waals surface area (Å²) in [5.74, 6) is 0.939. The quantitative estimate of drug-likeness (QED) is 0.613. The Morgan fingerprint density at radius 3 is 2.96 bits per heavy atom. The molecule has 2 N–H and O–H groups in total. The lowest BCUT2D eigenvalue weighted by Gasteiger charge is -2.50. The molecule has 1 aromatic heterocycles. The smallest absolute Gasteiger partial charge is 0.115 e. The SMILES string of the molecule is CN1CC[C@]2(c3cccc(O)c3)Cc3[nH]c4ccc(Br)cc4c3CC2C1. The zero-order valence-electron chi connectivity index (χ0n) is 14.9. The van der Waals surface area contributed by atoms with Gasteiger partial charge in [-0.25, -0.2) is 0 Å². The standard InChI is InChI=1S/C22H23BrN2O/c1-25-8-7-22(14-3-2-4-17(26)9-14)12-21-18(10-15(22)13-25)19-11-16(23)5-6-20(19)24-21/h2-6,9,11,15,24,26H,7-8,10,12-13H2,1H3/t15?,22-/m1/s1. The molecule has 5 rings (SSSR count). The summed E-state index contributed by atoms with van der Waals surface area (Å²) in [6, 6.07) is 14.5. The maximum Gasteiger partial charge on any atom is 0.115 e. The molecule has 1 aliphatic heterocycles. The first-order valence-electron chi connectivity index (χ1n) is 9.32. The number of benzene rings is 2. The number of halogens is 1. The number of nitrogens with one attached hydrogen (secondary N) is 1. The number of rotatable bonds is 1. The van der Waals surface area contributed by atoms with Crippen LogP contribution in [0.4, 0.5) is 0 Å². The van der Waals surface area contributed by atoms with Crippen LogP contribution in [0.15, 0.2) is 46.9 Å². The fourth-order valence-electron chi connectivity index (χ4n) is 5.25. The minimum absolute atomic E-state index is 0.107. The summed E-state index contributed by atoms with van der Waals surface area (Å²) in [7, 11) is 2.23. The first kappa shape index (κ1) is 16.4. The van der Waals surface area contributed by atoms with Gasteiger partial charge in [-0.3, -0.25) is 0 Å². The van der Waals surface area contributed by atoms with E-state index in [1.54, 1.807) is 6.07 Å². The van der Waals surface area contributed by atoms with Crippen LogP contribution in [0.2, 0.25) is 0 Å². The van der Waals surface area contributed by atoms with Gasteiger partial charge < -0.3 is 15.0 Å². The molecule has 0 saturated carbocycles. The van der Waals surface area contributed by atoms with Crippen LogP contribution in [0, 0.1) is 5.92 Å². The molecule has 2 atom stereocenters. The number of aromatic nitrogens is 1. The first-order valence-corrected chi connectivity index (χ1v) is 10.1. The van der Waals surface area contributed by atoms with Crippen LogP contribution in [-0.4, -0.2) is 35.1 Å². The molecule has 3 nitrogen and oxygen atoms in total. The summed E-state index contributed by atoms with van der Waals surface area (Å²) < 4.78 is 1.14. The number of likely N-dealkylation sites (tertiary alicyclic amines) is 1. The fraction of sp³-hybridized carbons (Fsp3) is 0.364. The monoisotopic (exact) mass is 410 g/mol. The molecule has 2 aliphatic rings. The van der Waals surface area contributed by atoms with Gasteiger partial charge in [0.05, 0.1) is 0 Å². The van der Waals surface area contributed by atoms with E-state index in [9.17, 15) is 5.11 Å². The Morgan fingerprint density at radius 1 is 1.23 bits per heavy atom. The van der Waals surface area contributed by atoms with Crippen LogP contribution in [0.1, 0.15) is 23.2 Å². The topological polar surface area (TPSA) is 39.3 Å². The van der Waals surface area contributed by atoms with Crippen molar-refractivity contribution in [3.05, 3.63) is 63.8 Å². The molecule has 134 valence electrons. The molecule has 1 unspecified atom stereocenters. The number of aromatic hydroxyl groups is 1. The third-order valence-corrected chi connectivity index (χ3v) is 7.07. The van der Waals surface area contributed by atoms with Crippen molar-refractivity contribution in [3.63, 3.8) is 0 Å². The van der Waals surface area contributed by atoms with Crippen LogP contribution in [0.25, 0.3) is 10.9 Å². The number of aromatic amines is 1. The van der Waals surface area contributed by atoms with Gasteiger partial charge in [-0.1, -0.05) is 28.1 Å². The van der Waals surface area contributed by atoms with Crippen molar-refractivity contribution in [2.45, 2.75) is 24.7 Å². The van der Waals surface area contributed by atoms with E-state index in [-0.39, 0.29) is 5.41 Å². The van der Waals surface area contributed by atoms with Gasteiger partial charge in [-0.15, -0.1) is 0 Å². The lowest BCUT2D eigenvalue weighted by atomic mass is 9.59. The Morgan fingerprint density at radius 2 is 2.12 bits per heavy atom. The number of hydrogen-bond donors (Lipinski definition) is 2. The van der Waals surface area contributed by atoms with E-state index < -0.39 is 0 Å². The van der Waals surface area contributed by atoms with Gasteiger partial charge in [0.1, 0.15) is 5.75 Å². The summed E-state index contributed by atoms with van der Waals surface area (Å²) in [5.41, 5.74) is 5.49. The van der Waals surface area contributed by atoms with Crippen LogP contribution in [0.3, 0.4) is 0 Å². The van der Waals surface area contributed by atoms with Gasteiger partial charge in [0, 0.05) is 33.0 Å². The Bertz CT molecular complexity index is 995. The van der Waals surface area contributed by atoms with E-state index >= 15 is 0 Å². The average molecular weight is 411 g/mol. The van der Waals surface area contributed by atoms with Crippen molar-refractivity contribution in [3.8, 4) is 5.75 Å². The van der Waals surface area contributed by atoms with Gasteiger partial charge in [-0.05, 0) is 80.2 Å². The lowest BCUT2D eigenvalue weighted by molar-refractivity contribution is 0.0994. The molecule has 0 bridgehead atoms. The number of phenols is 1. The molecule has 1 fully saturated rings. The predicted molar refractivity (Wildman–Crippen MR) is 109 cm³/mol. The molecule has 0 radical (unpaired) electrons. The Kier molecular flexibility index (Phi) is 3.70. The van der Waals surface area contributed by atoms with Gasteiger partial charge >= 0.3 is 0 Å².